The Balaban J connectivity index is 0.000000169. The number of carbonyl (C=O) groups excluding carboxylic acids is 3. The fraction of sp³-hybridized carbons (Fsp3) is 0.917. The van der Waals surface area contributed by atoms with Gasteiger partial charge in [-0.3, -0.25) is 0 Å². The highest BCUT2D eigenvalue weighted by atomic mass is 16.6. The van der Waals surface area contributed by atoms with Crippen molar-refractivity contribution in [1.29, 1.82) is 0 Å². The van der Waals surface area contributed by atoms with Crippen LogP contribution in [0.4, 0.5) is 9.59 Å². The maximum atomic E-state index is 11.6. The first-order chi connectivity index (χ1) is 21.1. The summed E-state index contributed by atoms with van der Waals surface area (Å²) < 4.78 is 10.1. The fourth-order valence-corrected chi connectivity index (χ4v) is 10.4. The minimum absolute atomic E-state index is 0.00505. The predicted molar refractivity (Wildman–Crippen MR) is 178 cm³/mol. The fourth-order valence-electron chi connectivity index (χ4n) is 10.4. The van der Waals surface area contributed by atoms with Gasteiger partial charge in [-0.25, -0.2) is 9.59 Å². The van der Waals surface area contributed by atoms with Crippen LogP contribution in [0.3, 0.4) is 0 Å². The molecule has 8 aliphatic rings. The van der Waals surface area contributed by atoms with E-state index in [0.717, 1.165) is 55.1 Å². The van der Waals surface area contributed by atoms with Gasteiger partial charge in [0.2, 0.25) is 0 Å². The second-order valence-electron chi connectivity index (χ2n) is 17.7. The van der Waals surface area contributed by atoms with Crippen LogP contribution in [-0.2, 0) is 14.3 Å². The average molecular weight is 633 g/mol. The van der Waals surface area contributed by atoms with Crippen molar-refractivity contribution >= 4 is 18.5 Å². The van der Waals surface area contributed by atoms with Gasteiger partial charge in [0.25, 0.3) is 0 Å². The molecule has 0 aromatic rings. The largest absolute Gasteiger partial charge is 0.444 e. The Morgan fingerprint density at radius 2 is 1.04 bits per heavy atom. The van der Waals surface area contributed by atoms with E-state index in [0.29, 0.717) is 23.7 Å². The first-order valence-electron chi connectivity index (χ1n) is 17.9. The van der Waals surface area contributed by atoms with Crippen LogP contribution in [0, 0.1) is 46.3 Å². The number of ether oxygens (including phenoxy) is 2. The Labute approximate surface area is 272 Å². The van der Waals surface area contributed by atoms with E-state index < -0.39 is 17.3 Å². The molecule has 0 saturated heterocycles. The van der Waals surface area contributed by atoms with E-state index in [1.807, 2.05) is 20.8 Å². The molecule has 0 atom stereocenters. The molecule has 8 saturated carbocycles. The molecule has 8 bridgehead atoms. The Morgan fingerprint density at radius 3 is 1.40 bits per heavy atom. The zero-order valence-corrected chi connectivity index (χ0v) is 29.2. The van der Waals surface area contributed by atoms with Crippen molar-refractivity contribution < 1.29 is 23.9 Å². The van der Waals surface area contributed by atoms with Crippen molar-refractivity contribution in [2.75, 3.05) is 32.7 Å². The standard InChI is InChI=1S/C18H32N2O2.C11H19N.C7H13NO3/c1-17(2,3)22-16(21)20-5-4-19-12-18-9-13-6-14(10-18)8-15(7-13)11-18;12-7-11-4-8-1-9(5-11)3-10(2-8)6-11;1-7(2,3)11-6(10)8-4-5-9/h13-15,19H,4-12H2,1-3H3,(H,20,21);8-10H,1-7,12H2;5H,4H2,1-3H3,(H,8,10). The zero-order valence-electron chi connectivity index (χ0n) is 29.2. The summed E-state index contributed by atoms with van der Waals surface area (Å²) in [6.07, 6.45) is 17.6. The van der Waals surface area contributed by atoms with E-state index in [4.69, 9.17) is 15.2 Å². The van der Waals surface area contributed by atoms with Crippen LogP contribution >= 0.6 is 0 Å². The number of hydrogen-bond acceptors (Lipinski definition) is 7. The third-order valence-electron chi connectivity index (χ3n) is 11.0. The highest BCUT2D eigenvalue weighted by Crippen LogP contribution is 2.60. The molecule has 0 aliphatic heterocycles. The third-order valence-corrected chi connectivity index (χ3v) is 11.0. The molecule has 2 amide bonds. The van der Waals surface area contributed by atoms with E-state index in [1.165, 1.54) is 77.0 Å². The lowest BCUT2D eigenvalue weighted by Gasteiger charge is -2.57. The van der Waals surface area contributed by atoms with Gasteiger partial charge in [0.15, 0.2) is 0 Å². The highest BCUT2D eigenvalue weighted by molar-refractivity contribution is 5.71. The minimum Gasteiger partial charge on any atom is -0.444 e. The third kappa shape index (κ3) is 11.1. The van der Waals surface area contributed by atoms with Crippen molar-refractivity contribution in [2.24, 2.45) is 52.1 Å². The minimum atomic E-state index is -0.565. The van der Waals surface area contributed by atoms with Gasteiger partial charge < -0.3 is 36.0 Å². The molecule has 0 spiro atoms. The van der Waals surface area contributed by atoms with Crippen molar-refractivity contribution in [3.8, 4) is 0 Å². The van der Waals surface area contributed by atoms with Crippen LogP contribution < -0.4 is 21.7 Å². The summed E-state index contributed by atoms with van der Waals surface area (Å²) in [5.41, 5.74) is 6.19. The van der Waals surface area contributed by atoms with E-state index in [-0.39, 0.29) is 12.6 Å². The number of carbonyl (C=O) groups is 3. The number of amides is 2. The smallest absolute Gasteiger partial charge is 0.408 e. The number of nitrogens with two attached hydrogens (primary N) is 1. The summed E-state index contributed by atoms with van der Waals surface area (Å²) in [5, 5.41) is 8.67. The van der Waals surface area contributed by atoms with Gasteiger partial charge in [0.05, 0.1) is 6.54 Å². The average Bonchev–Trinajstić information content (AvgIpc) is 2.89. The monoisotopic (exact) mass is 632 g/mol. The molecule has 8 aliphatic carbocycles. The lowest BCUT2D eigenvalue weighted by atomic mass is 9.49. The van der Waals surface area contributed by atoms with Crippen molar-refractivity contribution in [3.05, 3.63) is 0 Å². The van der Waals surface area contributed by atoms with Crippen LogP contribution in [0.2, 0.25) is 0 Å². The second-order valence-corrected chi connectivity index (χ2v) is 17.7. The molecule has 45 heavy (non-hydrogen) atoms. The number of rotatable bonds is 8. The molecule has 0 aromatic heterocycles. The SMILES string of the molecule is CC(C)(C)OC(=O)NCC=O.CC(C)(C)OC(=O)NCCNCC12CC3CC(CC(C3)C1)C2.NCC12CC3CC(CC(C3)C1)C2. The normalized spacial score (nSPS) is 35.4. The van der Waals surface area contributed by atoms with Gasteiger partial charge in [-0.2, -0.15) is 0 Å². The molecule has 5 N–H and O–H groups in total. The van der Waals surface area contributed by atoms with E-state index >= 15 is 0 Å². The van der Waals surface area contributed by atoms with Gasteiger partial charge in [-0.1, -0.05) is 0 Å². The Hall–Kier alpha value is -1.87. The van der Waals surface area contributed by atoms with Crippen molar-refractivity contribution in [1.82, 2.24) is 16.0 Å². The number of hydrogen-bond donors (Lipinski definition) is 4. The van der Waals surface area contributed by atoms with Crippen molar-refractivity contribution in [3.63, 3.8) is 0 Å². The quantitative estimate of drug-likeness (QED) is 0.185. The first-order valence-corrected chi connectivity index (χ1v) is 17.9. The number of aldehydes is 1. The molecule has 9 nitrogen and oxygen atoms in total. The lowest BCUT2D eigenvalue weighted by molar-refractivity contribution is -0.107. The lowest BCUT2D eigenvalue weighted by Crippen LogP contribution is -2.51. The highest BCUT2D eigenvalue weighted by Gasteiger charge is 2.51. The molecule has 0 heterocycles. The summed E-state index contributed by atoms with van der Waals surface area (Å²) in [4.78, 5) is 32.1. The molecule has 8 fully saturated rings. The van der Waals surface area contributed by atoms with Crippen LogP contribution in [0.15, 0.2) is 0 Å². The number of nitrogens with one attached hydrogen (secondary N) is 3. The molecule has 0 aromatic carbocycles. The predicted octanol–water partition coefficient (Wildman–Crippen LogP) is 6.19. The number of alkyl carbamates (subject to hydrolysis) is 2. The summed E-state index contributed by atoms with van der Waals surface area (Å²) in [6, 6.07) is 0. The molecule has 258 valence electrons. The van der Waals surface area contributed by atoms with Gasteiger partial charge in [-0.15, -0.1) is 0 Å². The summed E-state index contributed by atoms with van der Waals surface area (Å²) >= 11 is 0. The van der Waals surface area contributed by atoms with Gasteiger partial charge >= 0.3 is 12.2 Å². The Kier molecular flexibility index (Phi) is 11.9. The van der Waals surface area contributed by atoms with E-state index in [2.05, 4.69) is 16.0 Å². The summed E-state index contributed by atoms with van der Waals surface area (Å²) in [6.45, 7) is 14.5. The van der Waals surface area contributed by atoms with E-state index in [9.17, 15) is 14.4 Å². The molecule has 8 rings (SSSR count). The molecule has 0 unspecified atom stereocenters. The summed E-state index contributed by atoms with van der Waals surface area (Å²) in [7, 11) is 0. The maximum Gasteiger partial charge on any atom is 0.408 e. The first kappa shape index (κ1) is 36.0. The molecule has 0 radical (unpaired) electrons. The van der Waals surface area contributed by atoms with Gasteiger partial charge in [-0.05, 0) is 171 Å². The second kappa shape index (κ2) is 14.9. The topological polar surface area (TPSA) is 132 Å². The van der Waals surface area contributed by atoms with E-state index in [1.54, 1.807) is 20.8 Å². The maximum absolute atomic E-state index is 11.6. The molecular formula is C36H64N4O5. The Bertz CT molecular complexity index is 930. The Morgan fingerprint density at radius 1 is 0.667 bits per heavy atom. The van der Waals surface area contributed by atoms with Gasteiger partial charge in [0.1, 0.15) is 17.5 Å². The molecular weight excluding hydrogens is 568 g/mol. The van der Waals surface area contributed by atoms with Crippen LogP contribution in [0.5, 0.6) is 0 Å². The van der Waals surface area contributed by atoms with Crippen LogP contribution in [-0.4, -0.2) is 62.4 Å². The zero-order chi connectivity index (χ0) is 32.9. The molecule has 9 heteroatoms. The van der Waals surface area contributed by atoms with Crippen molar-refractivity contribution in [2.45, 2.75) is 130 Å². The van der Waals surface area contributed by atoms with Gasteiger partial charge in [0, 0.05) is 19.6 Å². The summed E-state index contributed by atoms with van der Waals surface area (Å²) in [5.74, 6) is 6.23. The van der Waals surface area contributed by atoms with Crippen LogP contribution in [0.1, 0.15) is 119 Å². The van der Waals surface area contributed by atoms with Crippen LogP contribution in [0.25, 0.3) is 0 Å².